The van der Waals surface area contributed by atoms with Gasteiger partial charge in [0, 0.05) is 22.3 Å². The van der Waals surface area contributed by atoms with Gasteiger partial charge in [0.2, 0.25) is 0 Å². The molecule has 7 aromatic carbocycles. The topological polar surface area (TPSA) is 69.1 Å². The molecule has 0 bridgehead atoms. The number of fused-ring (bicyclic) bond motifs is 2. The van der Waals surface area contributed by atoms with Gasteiger partial charge in [-0.3, -0.25) is 4.79 Å². The lowest BCUT2D eigenvalue weighted by Gasteiger charge is -2.26. The lowest BCUT2D eigenvalue weighted by molar-refractivity contribution is 0.101. The molecule has 0 fully saturated rings. The van der Waals surface area contributed by atoms with Gasteiger partial charge in [-0.1, -0.05) is 68.7 Å². The Morgan fingerprint density at radius 2 is 1.12 bits per heavy atom. The van der Waals surface area contributed by atoms with Crippen molar-refractivity contribution in [3.05, 3.63) is 117 Å². The van der Waals surface area contributed by atoms with E-state index < -0.39 is 0 Å². The van der Waals surface area contributed by atoms with E-state index in [0.29, 0.717) is 5.46 Å². The molecule has 4 N–H and O–H groups in total. The number of carbonyl (C=O) groups is 1. The van der Waals surface area contributed by atoms with Gasteiger partial charge in [-0.15, -0.1) is 0 Å². The highest BCUT2D eigenvalue weighted by Gasteiger charge is 2.26. The Kier molecular flexibility index (Phi) is 10.6. The summed E-state index contributed by atoms with van der Waals surface area (Å²) in [7, 11) is 6.96. The standard InChI is InChI=1S/C37H34BNO.C9H13N.C2H6/c1-16(2)24-15-28(38)35-33-20(6)10-19(5)30-27(25-11-18(4)29(39)14-17(25)3)13-22(8)31(36(30)33)32-21(7)12-26(23(9)40)34(24)37(32)35;1-3-8-5-4-7(2)6-9(8)10;1-2/h10-15H,1,39H2,2-9H3;4-6H,3,10H2,1-2H3;1-2H3. The number of hydrogen-bond donors (Lipinski definition) is 2. The molecule has 52 heavy (non-hydrogen) atoms. The number of rotatable bonds is 4. The zero-order valence-corrected chi connectivity index (χ0v) is 33.3. The van der Waals surface area contributed by atoms with Gasteiger partial charge in [0.25, 0.3) is 0 Å². The Hall–Kier alpha value is -5.09. The Labute approximate surface area is 311 Å². The number of carbonyl (C=O) groups excluding carboxylic acids is 1. The Balaban J connectivity index is 0.000000374. The van der Waals surface area contributed by atoms with E-state index in [2.05, 4.69) is 104 Å². The van der Waals surface area contributed by atoms with Crippen LogP contribution < -0.4 is 16.9 Å². The van der Waals surface area contributed by atoms with Gasteiger partial charge in [-0.05, 0) is 192 Å². The second-order valence-electron chi connectivity index (χ2n) is 14.4. The summed E-state index contributed by atoms with van der Waals surface area (Å²) >= 11 is 0. The van der Waals surface area contributed by atoms with Gasteiger partial charge < -0.3 is 11.5 Å². The van der Waals surface area contributed by atoms with Crippen LogP contribution in [-0.4, -0.2) is 13.6 Å². The van der Waals surface area contributed by atoms with Crippen LogP contribution in [-0.2, 0) is 6.42 Å². The van der Waals surface area contributed by atoms with Gasteiger partial charge in [0.15, 0.2) is 5.78 Å². The molecule has 0 aliphatic heterocycles. The van der Waals surface area contributed by atoms with E-state index in [1.165, 1.54) is 60.5 Å². The minimum absolute atomic E-state index is 0.0470. The van der Waals surface area contributed by atoms with E-state index in [1.807, 2.05) is 32.9 Å². The molecule has 4 heteroatoms. The Bertz CT molecular complexity index is 2500. The van der Waals surface area contributed by atoms with Crippen LogP contribution in [0.1, 0.15) is 95.0 Å². The van der Waals surface area contributed by atoms with Crippen LogP contribution in [0, 0.1) is 48.5 Å². The summed E-state index contributed by atoms with van der Waals surface area (Å²) < 4.78 is 0. The second-order valence-corrected chi connectivity index (χ2v) is 14.4. The number of nitrogens with two attached hydrogens (primary N) is 2. The summed E-state index contributed by atoms with van der Waals surface area (Å²) in [6.45, 7) is 29.0. The predicted octanol–water partition coefficient (Wildman–Crippen LogP) is 12.0. The average molecular weight is 685 g/mol. The zero-order chi connectivity index (χ0) is 38.5. The molecule has 0 unspecified atom stereocenters. The number of Topliss-reactive ketones (excluding diaryl/α,β-unsaturated/α-hetero) is 1. The molecule has 0 aromatic heterocycles. The molecular formula is C48H53BN2O. The van der Waals surface area contributed by atoms with E-state index >= 15 is 0 Å². The van der Waals surface area contributed by atoms with E-state index in [-0.39, 0.29) is 5.78 Å². The van der Waals surface area contributed by atoms with Crippen LogP contribution in [0.15, 0.2) is 61.2 Å². The Morgan fingerprint density at radius 1 is 0.577 bits per heavy atom. The molecular weight excluding hydrogens is 631 g/mol. The highest BCUT2D eigenvalue weighted by Crippen LogP contribution is 2.49. The molecule has 0 aliphatic carbocycles. The third-order valence-electron chi connectivity index (χ3n) is 10.6. The summed E-state index contributed by atoms with van der Waals surface area (Å²) in [6, 6.07) is 19.2. The number of anilines is 2. The van der Waals surface area contributed by atoms with Gasteiger partial charge in [-0.2, -0.15) is 0 Å². The highest BCUT2D eigenvalue weighted by atomic mass is 16.1. The van der Waals surface area contributed by atoms with Crippen molar-refractivity contribution in [2.75, 3.05) is 11.5 Å². The first kappa shape index (κ1) is 38.2. The first-order chi connectivity index (χ1) is 24.6. The molecule has 7 aromatic rings. The smallest absolute Gasteiger partial charge is 0.160 e. The van der Waals surface area contributed by atoms with Gasteiger partial charge in [0.1, 0.15) is 7.85 Å². The number of benzene rings is 7. The summed E-state index contributed by atoms with van der Waals surface area (Å²) in [6.07, 6.45) is 1.02. The van der Waals surface area contributed by atoms with Gasteiger partial charge in [-0.25, -0.2) is 0 Å². The summed E-state index contributed by atoms with van der Waals surface area (Å²) in [5.41, 5.74) is 28.8. The van der Waals surface area contributed by atoms with Crippen molar-refractivity contribution in [2.45, 2.75) is 89.5 Å². The Morgan fingerprint density at radius 3 is 1.69 bits per heavy atom. The number of aryl methyl sites for hydroxylation is 8. The third-order valence-corrected chi connectivity index (χ3v) is 10.6. The van der Waals surface area contributed by atoms with Crippen molar-refractivity contribution in [1.82, 2.24) is 0 Å². The first-order valence-corrected chi connectivity index (χ1v) is 18.4. The van der Waals surface area contributed by atoms with Crippen LogP contribution in [0.4, 0.5) is 11.4 Å². The molecule has 0 spiro atoms. The molecule has 0 amide bonds. The maximum atomic E-state index is 13.0. The molecule has 3 nitrogen and oxygen atoms in total. The lowest BCUT2D eigenvalue weighted by Crippen LogP contribution is -2.11. The fourth-order valence-corrected chi connectivity index (χ4v) is 8.16. The van der Waals surface area contributed by atoms with Crippen molar-refractivity contribution in [1.29, 1.82) is 0 Å². The fraction of sp³-hybridized carbons (Fsp3) is 0.271. The van der Waals surface area contributed by atoms with Gasteiger partial charge >= 0.3 is 0 Å². The average Bonchev–Trinajstić information content (AvgIpc) is 3.08. The van der Waals surface area contributed by atoms with Crippen molar-refractivity contribution >= 4 is 79.1 Å². The summed E-state index contributed by atoms with van der Waals surface area (Å²) in [5, 5.41) is 9.09. The largest absolute Gasteiger partial charge is 0.399 e. The van der Waals surface area contributed by atoms with Crippen LogP contribution in [0.3, 0.4) is 0 Å². The van der Waals surface area contributed by atoms with Crippen molar-refractivity contribution in [3.8, 4) is 11.1 Å². The lowest BCUT2D eigenvalue weighted by atomic mass is 9.75. The molecule has 0 aliphatic rings. The maximum Gasteiger partial charge on any atom is 0.160 e. The zero-order valence-electron chi connectivity index (χ0n) is 33.3. The minimum Gasteiger partial charge on any atom is -0.399 e. The molecule has 0 saturated carbocycles. The monoisotopic (exact) mass is 684 g/mol. The van der Waals surface area contributed by atoms with Gasteiger partial charge in [0.05, 0.1) is 0 Å². The molecule has 7 rings (SSSR count). The summed E-state index contributed by atoms with van der Waals surface area (Å²) in [5.74, 6) is 0.0470. The van der Waals surface area contributed by atoms with Crippen molar-refractivity contribution < 1.29 is 4.79 Å². The minimum atomic E-state index is 0.0470. The van der Waals surface area contributed by atoms with Crippen LogP contribution in [0.2, 0.25) is 0 Å². The molecule has 0 heterocycles. The maximum absolute atomic E-state index is 13.0. The fourth-order valence-electron chi connectivity index (χ4n) is 8.16. The molecule has 2 radical (unpaired) electrons. The van der Waals surface area contributed by atoms with E-state index in [4.69, 9.17) is 19.3 Å². The molecule has 0 atom stereocenters. The van der Waals surface area contributed by atoms with Crippen molar-refractivity contribution in [3.63, 3.8) is 0 Å². The number of allylic oxidation sites excluding steroid dienone is 1. The second kappa shape index (κ2) is 14.5. The normalized spacial score (nSPS) is 11.2. The van der Waals surface area contributed by atoms with Crippen LogP contribution >= 0.6 is 0 Å². The van der Waals surface area contributed by atoms with E-state index in [9.17, 15) is 4.79 Å². The quantitative estimate of drug-likeness (QED) is 0.0637. The summed E-state index contributed by atoms with van der Waals surface area (Å²) in [4.78, 5) is 13.0. The van der Waals surface area contributed by atoms with Crippen molar-refractivity contribution in [2.24, 2.45) is 0 Å². The van der Waals surface area contributed by atoms with E-state index in [0.717, 1.165) is 72.7 Å². The first-order valence-electron chi connectivity index (χ1n) is 18.4. The number of ketones is 1. The highest BCUT2D eigenvalue weighted by molar-refractivity contribution is 6.49. The molecule has 264 valence electrons. The number of nitrogen functional groups attached to an aromatic ring is 2. The van der Waals surface area contributed by atoms with Crippen LogP contribution in [0.5, 0.6) is 0 Å². The number of hydrogen-bond acceptors (Lipinski definition) is 3. The third kappa shape index (κ3) is 6.23. The van der Waals surface area contributed by atoms with Crippen LogP contribution in [0.25, 0.3) is 59.8 Å². The van der Waals surface area contributed by atoms with E-state index in [1.54, 1.807) is 6.92 Å². The molecule has 0 saturated heterocycles. The SMILES string of the molecule is CC.CCc1ccc(C)cc1N.[B]c1cc(C(=C)C)c2c(C(C)=O)cc(C)c3c4c(C)cc(-c5cc(C)c(N)cc5C)c5c(C)cc(C)c(c1c23)c54. The predicted molar refractivity (Wildman–Crippen MR) is 232 cm³/mol.